The summed E-state index contributed by atoms with van der Waals surface area (Å²) in [4.78, 5) is 13.7. The number of hydrogen-bond donors (Lipinski definition) is 1. The lowest BCUT2D eigenvalue weighted by atomic mass is 10.1. The first kappa shape index (κ1) is 17.4. The van der Waals surface area contributed by atoms with E-state index >= 15 is 0 Å². The van der Waals surface area contributed by atoms with Crippen molar-refractivity contribution in [1.82, 2.24) is 14.8 Å². The lowest BCUT2D eigenvalue weighted by Crippen LogP contribution is -2.11. The molecule has 0 fully saturated rings. The van der Waals surface area contributed by atoms with Gasteiger partial charge in [-0.25, -0.2) is 0 Å². The topological polar surface area (TPSA) is 73.0 Å². The molecular formula is C20H18N4O2S. The van der Waals surface area contributed by atoms with Crippen molar-refractivity contribution >= 4 is 34.3 Å². The molecule has 2 aromatic heterocycles. The van der Waals surface area contributed by atoms with Crippen LogP contribution in [0.5, 0.6) is 0 Å². The Labute approximate surface area is 160 Å². The van der Waals surface area contributed by atoms with E-state index in [0.717, 1.165) is 32.1 Å². The van der Waals surface area contributed by atoms with Gasteiger partial charge in [0, 0.05) is 28.6 Å². The van der Waals surface area contributed by atoms with Crippen LogP contribution >= 0.6 is 11.8 Å². The first-order valence-electron chi connectivity index (χ1n) is 8.45. The molecule has 0 saturated heterocycles. The quantitative estimate of drug-likeness (QED) is 0.563. The first-order valence-corrected chi connectivity index (χ1v) is 9.26. The molecule has 0 aliphatic rings. The van der Waals surface area contributed by atoms with Crippen LogP contribution < -0.4 is 5.32 Å². The summed E-state index contributed by atoms with van der Waals surface area (Å²) >= 11 is 1.51. The lowest BCUT2D eigenvalue weighted by molar-refractivity contribution is 0.0998. The molecule has 6 nitrogen and oxygen atoms in total. The van der Waals surface area contributed by atoms with Crippen molar-refractivity contribution in [3.63, 3.8) is 0 Å². The van der Waals surface area contributed by atoms with Gasteiger partial charge in [-0.3, -0.25) is 4.79 Å². The summed E-state index contributed by atoms with van der Waals surface area (Å²) in [7, 11) is 1.90. The maximum atomic E-state index is 12.7. The van der Waals surface area contributed by atoms with Crippen LogP contribution in [0.2, 0.25) is 0 Å². The van der Waals surface area contributed by atoms with E-state index in [1.54, 1.807) is 6.33 Å². The number of nitrogens with zero attached hydrogens (tertiary/aromatic N) is 3. The van der Waals surface area contributed by atoms with Crippen LogP contribution in [0, 0.1) is 13.8 Å². The molecule has 0 unspecified atom stereocenters. The predicted octanol–water partition coefficient (Wildman–Crippen LogP) is 4.58. The van der Waals surface area contributed by atoms with Gasteiger partial charge in [-0.15, -0.1) is 10.2 Å². The smallest absolute Gasteiger partial charge is 0.291 e. The highest BCUT2D eigenvalue weighted by atomic mass is 32.2. The van der Waals surface area contributed by atoms with E-state index in [1.807, 2.05) is 67.9 Å². The van der Waals surface area contributed by atoms with Gasteiger partial charge in [-0.1, -0.05) is 18.2 Å². The molecule has 7 heteroatoms. The number of fused-ring (bicyclic) bond motifs is 1. The molecule has 1 N–H and O–H groups in total. The highest BCUT2D eigenvalue weighted by Gasteiger charge is 2.18. The summed E-state index contributed by atoms with van der Waals surface area (Å²) in [6.07, 6.45) is 1.66. The van der Waals surface area contributed by atoms with Crippen molar-refractivity contribution in [3.05, 3.63) is 65.7 Å². The zero-order valence-corrected chi connectivity index (χ0v) is 16.0. The summed E-state index contributed by atoms with van der Waals surface area (Å²) in [5, 5.41) is 12.6. The number of carbonyl (C=O) groups is 1. The Kier molecular flexibility index (Phi) is 4.45. The van der Waals surface area contributed by atoms with Crippen molar-refractivity contribution in [2.75, 3.05) is 5.32 Å². The minimum atomic E-state index is -0.253. The summed E-state index contributed by atoms with van der Waals surface area (Å²) in [6, 6.07) is 13.5. The number of aromatic nitrogens is 3. The number of anilines is 1. The van der Waals surface area contributed by atoms with Crippen LogP contribution in [0.3, 0.4) is 0 Å². The van der Waals surface area contributed by atoms with Crippen LogP contribution in [-0.2, 0) is 7.05 Å². The van der Waals surface area contributed by atoms with Crippen molar-refractivity contribution in [2.24, 2.45) is 7.05 Å². The van der Waals surface area contributed by atoms with E-state index in [9.17, 15) is 4.79 Å². The molecule has 0 bridgehead atoms. The standard InChI is InChI=1S/C20H18N4O2S/c1-12-5-4-6-16-13(2)18(26-17(12)16)19(25)22-14-7-9-15(10-8-14)27-20-23-21-11-24(20)3/h4-11H,1-3H3,(H,22,25). The zero-order valence-electron chi connectivity index (χ0n) is 15.2. The molecule has 136 valence electrons. The van der Waals surface area contributed by atoms with Crippen molar-refractivity contribution in [3.8, 4) is 0 Å². The molecule has 4 rings (SSSR count). The highest BCUT2D eigenvalue weighted by Crippen LogP contribution is 2.29. The van der Waals surface area contributed by atoms with Crippen LogP contribution in [0.15, 0.2) is 63.3 Å². The zero-order chi connectivity index (χ0) is 19.0. The number of nitrogens with one attached hydrogen (secondary N) is 1. The van der Waals surface area contributed by atoms with Crippen LogP contribution in [0.25, 0.3) is 11.0 Å². The predicted molar refractivity (Wildman–Crippen MR) is 105 cm³/mol. The van der Waals surface area contributed by atoms with Gasteiger partial charge in [0.05, 0.1) is 0 Å². The van der Waals surface area contributed by atoms with E-state index in [4.69, 9.17) is 4.42 Å². The Morgan fingerprint density at radius 2 is 1.93 bits per heavy atom. The van der Waals surface area contributed by atoms with Gasteiger partial charge < -0.3 is 14.3 Å². The fraction of sp³-hybridized carbons (Fsp3) is 0.150. The number of amides is 1. The van der Waals surface area contributed by atoms with E-state index in [0.29, 0.717) is 11.4 Å². The largest absolute Gasteiger partial charge is 0.450 e. The number of aryl methyl sites for hydroxylation is 3. The number of rotatable bonds is 4. The molecule has 2 aromatic carbocycles. The Balaban J connectivity index is 1.52. The minimum Gasteiger partial charge on any atom is -0.450 e. The second-order valence-electron chi connectivity index (χ2n) is 6.31. The van der Waals surface area contributed by atoms with Gasteiger partial charge in [0.25, 0.3) is 5.91 Å². The molecule has 0 saturated carbocycles. The van der Waals surface area contributed by atoms with Gasteiger partial charge in [0.15, 0.2) is 10.9 Å². The van der Waals surface area contributed by atoms with Crippen LogP contribution in [0.4, 0.5) is 5.69 Å². The molecule has 2 heterocycles. The summed E-state index contributed by atoms with van der Waals surface area (Å²) in [6.45, 7) is 3.88. The van der Waals surface area contributed by atoms with Crippen molar-refractivity contribution in [2.45, 2.75) is 23.9 Å². The number of benzene rings is 2. The summed E-state index contributed by atoms with van der Waals surface area (Å²) in [5.74, 6) is 0.0913. The third kappa shape index (κ3) is 3.33. The molecule has 0 aliphatic carbocycles. The fourth-order valence-electron chi connectivity index (χ4n) is 2.87. The second-order valence-corrected chi connectivity index (χ2v) is 7.35. The average molecular weight is 378 g/mol. The fourth-order valence-corrected chi connectivity index (χ4v) is 3.63. The van der Waals surface area contributed by atoms with E-state index in [2.05, 4.69) is 15.5 Å². The van der Waals surface area contributed by atoms with Gasteiger partial charge in [0.1, 0.15) is 11.9 Å². The normalized spacial score (nSPS) is 11.1. The van der Waals surface area contributed by atoms with E-state index in [1.165, 1.54) is 11.8 Å². The third-order valence-corrected chi connectivity index (χ3v) is 5.42. The second kappa shape index (κ2) is 6.92. The Hall–Kier alpha value is -3.06. The molecule has 0 radical (unpaired) electrons. The lowest BCUT2D eigenvalue weighted by Gasteiger charge is -2.05. The van der Waals surface area contributed by atoms with Gasteiger partial charge >= 0.3 is 0 Å². The summed E-state index contributed by atoms with van der Waals surface area (Å²) < 4.78 is 7.69. The first-order chi connectivity index (χ1) is 13.0. The van der Waals surface area contributed by atoms with Crippen molar-refractivity contribution < 1.29 is 9.21 Å². The number of hydrogen-bond acceptors (Lipinski definition) is 5. The molecule has 0 aliphatic heterocycles. The third-order valence-electron chi connectivity index (χ3n) is 4.36. The summed E-state index contributed by atoms with van der Waals surface area (Å²) in [5.41, 5.74) is 3.33. The van der Waals surface area contributed by atoms with E-state index < -0.39 is 0 Å². The maximum Gasteiger partial charge on any atom is 0.291 e. The molecule has 1 amide bonds. The van der Waals surface area contributed by atoms with E-state index in [-0.39, 0.29) is 5.91 Å². The van der Waals surface area contributed by atoms with Crippen LogP contribution in [0.1, 0.15) is 21.7 Å². The molecule has 27 heavy (non-hydrogen) atoms. The molecule has 0 atom stereocenters. The molecule has 4 aromatic rings. The molecule has 0 spiro atoms. The maximum absolute atomic E-state index is 12.7. The van der Waals surface area contributed by atoms with Gasteiger partial charge in [-0.05, 0) is 55.4 Å². The molecular weight excluding hydrogens is 360 g/mol. The number of carbonyl (C=O) groups excluding carboxylic acids is 1. The number of para-hydroxylation sites is 1. The van der Waals surface area contributed by atoms with Crippen LogP contribution in [-0.4, -0.2) is 20.7 Å². The average Bonchev–Trinajstić information content (AvgIpc) is 3.21. The van der Waals surface area contributed by atoms with Gasteiger partial charge in [0.2, 0.25) is 0 Å². The Morgan fingerprint density at radius 1 is 1.15 bits per heavy atom. The minimum absolute atomic E-state index is 0.253. The monoisotopic (exact) mass is 378 g/mol. The van der Waals surface area contributed by atoms with Gasteiger partial charge in [-0.2, -0.15) is 0 Å². The highest BCUT2D eigenvalue weighted by molar-refractivity contribution is 7.99. The SMILES string of the molecule is Cc1c(C(=O)Nc2ccc(Sc3nncn3C)cc2)oc2c(C)cccc12. The Morgan fingerprint density at radius 3 is 2.59 bits per heavy atom. The Bertz CT molecular complexity index is 1130. The number of furan rings is 1. The van der Waals surface area contributed by atoms with Crippen molar-refractivity contribution in [1.29, 1.82) is 0 Å².